The Kier molecular flexibility index (Phi) is 4.78. The van der Waals surface area contributed by atoms with Crippen LogP contribution in [0.3, 0.4) is 0 Å². The van der Waals surface area contributed by atoms with Crippen molar-refractivity contribution in [3.8, 4) is 0 Å². The van der Waals surface area contributed by atoms with Crippen LogP contribution in [0.15, 0.2) is 30.3 Å². The fraction of sp³-hybridized carbons (Fsp3) is 0.250. The summed E-state index contributed by atoms with van der Waals surface area (Å²) in [5.41, 5.74) is 8.80. The van der Waals surface area contributed by atoms with Crippen LogP contribution < -0.4 is 0 Å². The van der Waals surface area contributed by atoms with Crippen LogP contribution in [0, 0.1) is 0 Å². The molecule has 0 radical (unpaired) electrons. The first kappa shape index (κ1) is 12.8. The van der Waals surface area contributed by atoms with Crippen molar-refractivity contribution in [1.82, 2.24) is 0 Å². The Labute approximate surface area is 98.6 Å². The fourth-order valence-electron chi connectivity index (χ4n) is 1.27. The topological polar surface area (TPSA) is 79.8 Å². The SMILES string of the molecule is CCOC(=O)C(=[N+]=[N-])C(=O)Cc1ccccc1. The molecule has 88 valence electrons. The van der Waals surface area contributed by atoms with E-state index >= 15 is 0 Å². The summed E-state index contributed by atoms with van der Waals surface area (Å²) in [4.78, 5) is 25.6. The molecule has 0 aliphatic rings. The van der Waals surface area contributed by atoms with Crippen molar-refractivity contribution in [2.75, 3.05) is 6.61 Å². The molecule has 1 rings (SSSR count). The zero-order valence-corrected chi connectivity index (χ0v) is 9.42. The van der Waals surface area contributed by atoms with Gasteiger partial charge in [-0.3, -0.25) is 4.79 Å². The maximum Gasteiger partial charge on any atom is 0.441 e. The Hall–Kier alpha value is -2.26. The summed E-state index contributed by atoms with van der Waals surface area (Å²) in [5.74, 6) is -1.48. The molecule has 0 aromatic heterocycles. The second-order valence-electron chi connectivity index (χ2n) is 3.25. The van der Waals surface area contributed by atoms with Crippen LogP contribution >= 0.6 is 0 Å². The average molecular weight is 232 g/mol. The van der Waals surface area contributed by atoms with E-state index in [9.17, 15) is 9.59 Å². The van der Waals surface area contributed by atoms with Gasteiger partial charge < -0.3 is 10.3 Å². The van der Waals surface area contributed by atoms with E-state index in [2.05, 4.69) is 9.53 Å². The average Bonchev–Trinajstić information content (AvgIpc) is 2.31. The second-order valence-corrected chi connectivity index (χ2v) is 3.25. The van der Waals surface area contributed by atoms with Gasteiger partial charge >= 0.3 is 11.7 Å². The number of Topliss-reactive ketones (excluding diaryl/α,β-unsaturated/α-hetero) is 1. The Balaban J connectivity index is 2.76. The van der Waals surface area contributed by atoms with Crippen LogP contribution in [0.25, 0.3) is 5.53 Å². The molecule has 5 heteroatoms. The van der Waals surface area contributed by atoms with Crippen LogP contribution in [-0.4, -0.2) is 28.9 Å². The summed E-state index contributed by atoms with van der Waals surface area (Å²) >= 11 is 0. The van der Waals surface area contributed by atoms with E-state index in [1.807, 2.05) is 6.07 Å². The van der Waals surface area contributed by atoms with Crippen LogP contribution in [-0.2, 0) is 20.7 Å². The zero-order valence-electron chi connectivity index (χ0n) is 9.42. The number of ketones is 1. The summed E-state index contributed by atoms with van der Waals surface area (Å²) in [6, 6.07) is 8.88. The van der Waals surface area contributed by atoms with Crippen molar-refractivity contribution in [3.05, 3.63) is 41.4 Å². The smallest absolute Gasteiger partial charge is 0.441 e. The van der Waals surface area contributed by atoms with E-state index in [-0.39, 0.29) is 13.0 Å². The number of nitrogens with zero attached hydrogens (tertiary/aromatic N) is 2. The highest BCUT2D eigenvalue weighted by Gasteiger charge is 2.30. The predicted molar refractivity (Wildman–Crippen MR) is 60.4 cm³/mol. The van der Waals surface area contributed by atoms with E-state index in [0.717, 1.165) is 5.56 Å². The molecular weight excluding hydrogens is 220 g/mol. The van der Waals surface area contributed by atoms with Gasteiger partial charge in [0.1, 0.15) is 0 Å². The minimum absolute atomic E-state index is 0.000945. The molecule has 1 aromatic carbocycles. The number of carbonyl (C=O) groups is 2. The lowest BCUT2D eigenvalue weighted by Crippen LogP contribution is -2.28. The molecule has 0 saturated heterocycles. The number of rotatable bonds is 5. The normalized spacial score (nSPS) is 9.24. The molecule has 0 spiro atoms. The predicted octanol–water partition coefficient (Wildman–Crippen LogP) is 1.03. The lowest BCUT2D eigenvalue weighted by Gasteiger charge is -1.98. The van der Waals surface area contributed by atoms with Gasteiger partial charge in [-0.25, -0.2) is 4.79 Å². The highest BCUT2D eigenvalue weighted by Crippen LogP contribution is 2.01. The summed E-state index contributed by atoms with van der Waals surface area (Å²) in [6.07, 6.45) is -0.000945. The van der Waals surface area contributed by atoms with Gasteiger partial charge in [0.25, 0.3) is 5.78 Å². The van der Waals surface area contributed by atoms with Gasteiger partial charge in [0, 0.05) is 6.42 Å². The summed E-state index contributed by atoms with van der Waals surface area (Å²) < 4.78 is 4.60. The Morgan fingerprint density at radius 3 is 2.47 bits per heavy atom. The van der Waals surface area contributed by atoms with Gasteiger partial charge in [0.2, 0.25) is 0 Å². The number of benzene rings is 1. The van der Waals surface area contributed by atoms with Crippen LogP contribution in [0.2, 0.25) is 0 Å². The quantitative estimate of drug-likeness (QED) is 0.250. The van der Waals surface area contributed by atoms with Crippen LogP contribution in [0.5, 0.6) is 0 Å². The molecule has 0 aliphatic carbocycles. The Bertz CT molecular complexity index is 462. The number of hydrogen-bond donors (Lipinski definition) is 0. The van der Waals surface area contributed by atoms with Crippen molar-refractivity contribution < 1.29 is 19.1 Å². The highest BCUT2D eigenvalue weighted by molar-refractivity contribution is 6.62. The third-order valence-corrected chi connectivity index (χ3v) is 2.04. The van der Waals surface area contributed by atoms with Gasteiger partial charge in [-0.05, 0) is 12.5 Å². The third-order valence-electron chi connectivity index (χ3n) is 2.04. The zero-order chi connectivity index (χ0) is 12.7. The first-order valence-electron chi connectivity index (χ1n) is 5.15. The maximum atomic E-state index is 11.7. The van der Waals surface area contributed by atoms with E-state index < -0.39 is 17.5 Å². The van der Waals surface area contributed by atoms with Crippen LogP contribution in [0.4, 0.5) is 0 Å². The van der Waals surface area contributed by atoms with Gasteiger partial charge in [-0.15, -0.1) is 0 Å². The van der Waals surface area contributed by atoms with Gasteiger partial charge in [-0.2, -0.15) is 4.79 Å². The number of ether oxygens (including phenoxy) is 1. The molecule has 5 nitrogen and oxygen atoms in total. The second kappa shape index (κ2) is 6.35. The summed E-state index contributed by atoms with van der Waals surface area (Å²) in [6.45, 7) is 1.73. The lowest BCUT2D eigenvalue weighted by molar-refractivity contribution is -0.141. The maximum absolute atomic E-state index is 11.7. The molecule has 0 fully saturated rings. The van der Waals surface area contributed by atoms with E-state index in [0.29, 0.717) is 0 Å². The van der Waals surface area contributed by atoms with Crippen molar-refractivity contribution in [1.29, 1.82) is 0 Å². The van der Waals surface area contributed by atoms with E-state index in [1.165, 1.54) is 0 Å². The van der Waals surface area contributed by atoms with E-state index in [4.69, 9.17) is 5.53 Å². The first-order chi connectivity index (χ1) is 8.19. The molecule has 17 heavy (non-hydrogen) atoms. The molecule has 0 saturated carbocycles. The van der Waals surface area contributed by atoms with E-state index in [1.54, 1.807) is 31.2 Å². The fourth-order valence-corrected chi connectivity index (χ4v) is 1.27. The van der Waals surface area contributed by atoms with Crippen molar-refractivity contribution >= 4 is 17.5 Å². The highest BCUT2D eigenvalue weighted by atomic mass is 16.5. The number of carbonyl (C=O) groups excluding carboxylic acids is 2. The molecule has 0 N–H and O–H groups in total. The number of hydrogen-bond acceptors (Lipinski definition) is 3. The van der Waals surface area contributed by atoms with Gasteiger partial charge in [-0.1, -0.05) is 30.3 Å². The lowest BCUT2D eigenvalue weighted by atomic mass is 10.1. The molecule has 0 bridgehead atoms. The van der Waals surface area contributed by atoms with Crippen LogP contribution in [0.1, 0.15) is 12.5 Å². The van der Waals surface area contributed by atoms with Crippen molar-refractivity contribution in [2.45, 2.75) is 13.3 Å². The summed E-state index contributed by atoms with van der Waals surface area (Å²) in [5, 5.41) is 0. The molecule has 0 atom stereocenters. The minimum atomic E-state index is -0.907. The molecule has 0 aliphatic heterocycles. The van der Waals surface area contributed by atoms with Crippen molar-refractivity contribution in [3.63, 3.8) is 0 Å². The van der Waals surface area contributed by atoms with Gasteiger partial charge in [0.15, 0.2) is 0 Å². The minimum Gasteiger partial charge on any atom is -0.457 e. The standard InChI is InChI=1S/C12H12N2O3/c1-2-17-12(16)11(14-13)10(15)8-9-6-4-3-5-7-9/h3-7H,2,8H2,1H3. The largest absolute Gasteiger partial charge is 0.457 e. The summed E-state index contributed by atoms with van der Waals surface area (Å²) in [7, 11) is 0. The molecule has 0 heterocycles. The Morgan fingerprint density at radius 2 is 1.94 bits per heavy atom. The molecule has 0 amide bonds. The van der Waals surface area contributed by atoms with Gasteiger partial charge in [0.05, 0.1) is 6.61 Å². The molecular formula is C12H12N2O3. The first-order valence-corrected chi connectivity index (χ1v) is 5.15. The number of esters is 1. The Morgan fingerprint density at radius 1 is 1.29 bits per heavy atom. The third kappa shape index (κ3) is 3.66. The molecule has 1 aromatic rings. The van der Waals surface area contributed by atoms with Crippen molar-refractivity contribution in [2.24, 2.45) is 0 Å². The molecule has 0 unspecified atom stereocenters. The monoisotopic (exact) mass is 232 g/mol.